The van der Waals surface area contributed by atoms with Crippen LogP contribution < -0.4 is 25.0 Å². The van der Waals surface area contributed by atoms with E-state index in [4.69, 9.17) is 37.9 Å². The maximum atomic E-state index is 13.2. The van der Waals surface area contributed by atoms with Gasteiger partial charge in [-0.25, -0.2) is 40.7 Å². The molecule has 1 saturated heterocycles. The van der Waals surface area contributed by atoms with Crippen molar-refractivity contribution >= 4 is 90.5 Å². The van der Waals surface area contributed by atoms with E-state index in [-0.39, 0.29) is 54.1 Å². The Balaban J connectivity index is 1.16. The number of esters is 6. The van der Waals surface area contributed by atoms with Crippen LogP contribution >= 0.6 is 23.1 Å². The molecule has 25 nitrogen and oxygen atoms in total. The second-order valence-electron chi connectivity index (χ2n) is 17.8. The Morgan fingerprint density at radius 1 is 0.819 bits per heavy atom. The molecule has 2 aliphatic heterocycles. The van der Waals surface area contributed by atoms with Crippen molar-refractivity contribution < 1.29 is 88.3 Å². The van der Waals surface area contributed by atoms with Gasteiger partial charge < -0.3 is 53.4 Å². The molecule has 0 aliphatic carbocycles. The Labute approximate surface area is 426 Å². The largest absolute Gasteiger partial charge is 0.470 e. The number of sulfonamides is 1. The molecule has 6 unspecified atom stereocenters. The zero-order chi connectivity index (χ0) is 53.7. The normalized spacial score (nSPS) is 19.2. The van der Waals surface area contributed by atoms with Crippen LogP contribution in [0.1, 0.15) is 107 Å². The molecular formula is C43H64N6O19S4. The lowest BCUT2D eigenvalue weighted by atomic mass is 10.1. The summed E-state index contributed by atoms with van der Waals surface area (Å²) in [5.41, 5.74) is -0.0389. The van der Waals surface area contributed by atoms with E-state index >= 15 is 0 Å². The van der Waals surface area contributed by atoms with Gasteiger partial charge in [0.2, 0.25) is 5.82 Å². The van der Waals surface area contributed by atoms with E-state index in [1.54, 1.807) is 4.72 Å². The Kier molecular flexibility index (Phi) is 21.7. The first-order chi connectivity index (χ1) is 33.6. The maximum absolute atomic E-state index is 13.2. The van der Waals surface area contributed by atoms with Crippen molar-refractivity contribution in [2.45, 2.75) is 157 Å². The van der Waals surface area contributed by atoms with Gasteiger partial charge in [-0.15, -0.1) is 15.7 Å². The molecule has 0 spiro atoms. The van der Waals surface area contributed by atoms with Crippen molar-refractivity contribution in [3.05, 3.63) is 11.6 Å². The molecule has 404 valence electrons. The molecule has 4 rings (SSSR count). The molecule has 2 aromatic rings. The molecule has 4 heterocycles. The lowest BCUT2D eigenvalue weighted by molar-refractivity contribution is -0.185. The number of nitrogens with one attached hydrogen (secondary N) is 3. The van der Waals surface area contributed by atoms with Crippen LogP contribution in [0.25, 0.3) is 0 Å². The molecular weight excluding hydrogens is 1030 g/mol. The van der Waals surface area contributed by atoms with E-state index in [0.29, 0.717) is 55.9 Å². The number of sulfone groups is 1. The average molecular weight is 1100 g/mol. The highest BCUT2D eigenvalue weighted by Gasteiger charge is 2.40. The minimum absolute atomic E-state index is 0.00861. The molecule has 2 aliphatic rings. The second-order valence-corrected chi connectivity index (χ2v) is 23.9. The smallest absolute Gasteiger partial charge is 0.347 e. The number of nitrogens with zero attached hydrogens (tertiary/aromatic N) is 3. The maximum Gasteiger partial charge on any atom is 0.347 e. The van der Waals surface area contributed by atoms with Crippen LogP contribution in [0, 0.1) is 0 Å². The van der Waals surface area contributed by atoms with E-state index in [9.17, 15) is 50.4 Å². The number of hydrogen-bond donors (Lipinski definition) is 3. The molecule has 1 fully saturated rings. The van der Waals surface area contributed by atoms with E-state index in [1.165, 1.54) is 19.9 Å². The van der Waals surface area contributed by atoms with Gasteiger partial charge in [0.1, 0.15) is 21.1 Å². The van der Waals surface area contributed by atoms with Gasteiger partial charge in [-0.2, -0.15) is 4.37 Å². The van der Waals surface area contributed by atoms with E-state index in [2.05, 4.69) is 19.4 Å². The minimum Gasteiger partial charge on any atom is -0.470 e. The summed E-state index contributed by atoms with van der Waals surface area (Å²) in [6.07, 6.45) is -9.17. The highest BCUT2D eigenvalue weighted by atomic mass is 32.3. The highest BCUT2D eigenvalue weighted by Crippen LogP contribution is 2.42. The predicted molar refractivity (Wildman–Crippen MR) is 255 cm³/mol. The van der Waals surface area contributed by atoms with Gasteiger partial charge in [-0.05, 0) is 87.8 Å². The van der Waals surface area contributed by atoms with Gasteiger partial charge >= 0.3 is 35.8 Å². The van der Waals surface area contributed by atoms with Gasteiger partial charge in [0.25, 0.3) is 21.8 Å². The Hall–Kier alpha value is -5.07. The van der Waals surface area contributed by atoms with Gasteiger partial charge in [0, 0.05) is 49.6 Å². The fourth-order valence-electron chi connectivity index (χ4n) is 6.60. The van der Waals surface area contributed by atoms with Crippen LogP contribution in [0.4, 0.5) is 5.82 Å². The number of ether oxygens (including phenoxy) is 8. The average Bonchev–Trinajstić information content (AvgIpc) is 3.99. The molecule has 29 heteroatoms. The van der Waals surface area contributed by atoms with Crippen LogP contribution in [0.3, 0.4) is 0 Å². The molecule has 8 atom stereocenters. The van der Waals surface area contributed by atoms with Crippen LogP contribution in [0.15, 0.2) is 14.5 Å². The minimum atomic E-state index is -4.63. The van der Waals surface area contributed by atoms with Gasteiger partial charge in [0.05, 0.1) is 30.2 Å². The van der Waals surface area contributed by atoms with Crippen molar-refractivity contribution in [1.82, 2.24) is 24.1 Å². The van der Waals surface area contributed by atoms with Gasteiger partial charge in [0.15, 0.2) is 40.4 Å². The van der Waals surface area contributed by atoms with Crippen molar-refractivity contribution in [2.75, 3.05) is 50.9 Å². The van der Waals surface area contributed by atoms with Crippen LogP contribution in [0.5, 0.6) is 5.88 Å². The van der Waals surface area contributed by atoms with Crippen molar-refractivity contribution in [2.24, 2.45) is 0 Å². The van der Waals surface area contributed by atoms with E-state index in [1.807, 2.05) is 32.6 Å². The summed E-state index contributed by atoms with van der Waals surface area (Å²) in [6.45, 7) is 17.7. The standard InChI is InChI=1S/C43H64N6O19S4/c1-11-44-31-19-23(2)71(57,58)42-30(31)20-34(69-42)72(59,60)48-36(52)24(3)64-39(54)26(5)66-41(56)28(7)67-40(55)27(6)65-38(53)25(4)63-32(50)13-12-14-33(51)68-29(21-45-43(8,9)10)22-62-37-35(46-70-47-37)49-15-17-61-18-16-49/h20,23-29,31,44-45H,11-19,21-22H2,1-10H3,(H,48,52)/t23-,24?,25?,26?,27?,28?,29?,31-/m1/s1. The van der Waals surface area contributed by atoms with Gasteiger partial charge in [-0.1, -0.05) is 6.92 Å². The highest BCUT2D eigenvalue weighted by molar-refractivity contribution is 7.95. The summed E-state index contributed by atoms with van der Waals surface area (Å²) in [7, 11) is -8.45. The predicted octanol–water partition coefficient (Wildman–Crippen LogP) is 1.67. The third kappa shape index (κ3) is 17.3. The lowest BCUT2D eigenvalue weighted by Crippen LogP contribution is -2.44. The van der Waals surface area contributed by atoms with E-state index < -0.39 is 114 Å². The first-order valence-corrected chi connectivity index (χ1v) is 27.6. The molecule has 0 radical (unpaired) electrons. The first kappa shape index (κ1) is 59.5. The zero-order valence-corrected chi connectivity index (χ0v) is 45.0. The summed E-state index contributed by atoms with van der Waals surface area (Å²) >= 11 is 1.49. The third-order valence-corrected chi connectivity index (χ3v) is 16.9. The van der Waals surface area contributed by atoms with E-state index in [0.717, 1.165) is 39.4 Å². The fourth-order valence-corrected chi connectivity index (χ4v) is 12.2. The Morgan fingerprint density at radius 2 is 1.35 bits per heavy atom. The molecule has 0 bridgehead atoms. The molecule has 0 aromatic carbocycles. The summed E-state index contributed by atoms with van der Waals surface area (Å²) < 4.78 is 104. The molecule has 2 aromatic heterocycles. The van der Waals surface area contributed by atoms with Crippen LogP contribution in [-0.2, 0) is 86.6 Å². The number of rotatable bonds is 25. The summed E-state index contributed by atoms with van der Waals surface area (Å²) in [5, 5.41) is 5.63. The summed E-state index contributed by atoms with van der Waals surface area (Å²) in [4.78, 5) is 91.0. The molecule has 72 heavy (non-hydrogen) atoms. The van der Waals surface area contributed by atoms with Crippen molar-refractivity contribution in [3.8, 4) is 5.88 Å². The number of thiophene rings is 1. The van der Waals surface area contributed by atoms with Gasteiger partial charge in [-0.3, -0.25) is 14.4 Å². The number of morpholine rings is 1. The van der Waals surface area contributed by atoms with Crippen LogP contribution in [0.2, 0.25) is 0 Å². The quantitative estimate of drug-likeness (QED) is 0.0940. The lowest BCUT2D eigenvalue weighted by Gasteiger charge is -2.27. The molecule has 0 saturated carbocycles. The summed E-state index contributed by atoms with van der Waals surface area (Å²) in [5.74, 6) is -6.75. The Bertz CT molecular complexity index is 2470. The second kappa shape index (κ2) is 26.2. The number of carbonyl (C=O) groups excluding carboxylic acids is 7. The number of aromatic nitrogens is 2. The number of fused-ring (bicyclic) bond motifs is 1. The number of amides is 1. The zero-order valence-electron chi connectivity index (χ0n) is 41.7. The third-order valence-electron chi connectivity index (χ3n) is 10.6. The number of hydrogen-bond acceptors (Lipinski definition) is 26. The van der Waals surface area contributed by atoms with Crippen LogP contribution in [-0.4, -0.2) is 161 Å². The first-order valence-electron chi connectivity index (χ1n) is 23.0. The summed E-state index contributed by atoms with van der Waals surface area (Å²) in [6, 6.07) is 0.743. The monoisotopic (exact) mass is 1100 g/mol. The Morgan fingerprint density at radius 3 is 1.89 bits per heavy atom. The van der Waals surface area contributed by atoms with Crippen molar-refractivity contribution in [3.63, 3.8) is 0 Å². The topological polar surface area (TPSA) is 327 Å². The van der Waals surface area contributed by atoms with Crippen molar-refractivity contribution in [1.29, 1.82) is 0 Å². The number of anilines is 1. The molecule has 1 amide bonds. The fraction of sp³-hybridized carbons (Fsp3) is 0.698. The SMILES string of the molecule is CCN[C@@H]1C[C@@H](C)S(=O)(=O)c2sc(S(=O)(=O)NC(=O)C(C)OC(=O)C(C)OC(=O)C(C)OC(=O)C(C)OC(=O)C(C)OC(=O)CCCC(=O)OC(CNC(C)(C)C)COc3nsnc3N3CCOCC3)cc21. The molecule has 3 N–H and O–H groups in total. The number of carbonyl (C=O) groups is 7.